The van der Waals surface area contributed by atoms with Crippen LogP contribution in [0.25, 0.3) is 10.9 Å². The second-order valence-electron chi connectivity index (χ2n) is 4.84. The number of hydrogen-bond donors (Lipinski definition) is 3. The number of amides is 1. The molecular formula is C15H18N2O3. The maximum absolute atomic E-state index is 11.8. The standard InChI is InChI=1S/C15H18N2O3/c1-10-4-2-5-12-15(10)11(9-17-12)8-13(18)16-7-3-6-14(19)20/h2,4-5,9,17H,3,6-8H2,1H3,(H,16,18)(H,19,20). The minimum absolute atomic E-state index is 0.0759. The Labute approximate surface area is 117 Å². The molecule has 0 saturated carbocycles. The van der Waals surface area contributed by atoms with E-state index in [-0.39, 0.29) is 12.3 Å². The zero-order valence-corrected chi connectivity index (χ0v) is 11.4. The largest absolute Gasteiger partial charge is 0.481 e. The number of aromatic amines is 1. The summed E-state index contributed by atoms with van der Waals surface area (Å²) in [5.74, 6) is -0.925. The van der Waals surface area contributed by atoms with E-state index in [4.69, 9.17) is 5.11 Å². The summed E-state index contributed by atoms with van der Waals surface area (Å²) in [6.07, 6.45) is 2.69. The van der Waals surface area contributed by atoms with Gasteiger partial charge in [-0.1, -0.05) is 12.1 Å². The van der Waals surface area contributed by atoms with Gasteiger partial charge in [-0.3, -0.25) is 9.59 Å². The number of aliphatic carboxylic acids is 1. The van der Waals surface area contributed by atoms with Crippen LogP contribution >= 0.6 is 0 Å². The van der Waals surface area contributed by atoms with Gasteiger partial charge in [0.05, 0.1) is 6.42 Å². The molecule has 1 heterocycles. The molecule has 106 valence electrons. The highest BCUT2D eigenvalue weighted by atomic mass is 16.4. The number of aromatic nitrogens is 1. The molecule has 3 N–H and O–H groups in total. The van der Waals surface area contributed by atoms with E-state index in [1.54, 1.807) is 0 Å². The molecule has 5 nitrogen and oxygen atoms in total. The van der Waals surface area contributed by atoms with Crippen LogP contribution in [0.3, 0.4) is 0 Å². The minimum Gasteiger partial charge on any atom is -0.481 e. The van der Waals surface area contributed by atoms with E-state index < -0.39 is 5.97 Å². The Bertz CT molecular complexity index is 631. The molecule has 2 aromatic rings. The van der Waals surface area contributed by atoms with Crippen LogP contribution in [0.15, 0.2) is 24.4 Å². The number of aryl methyl sites for hydroxylation is 1. The number of hydrogen-bond acceptors (Lipinski definition) is 2. The maximum atomic E-state index is 11.8. The highest BCUT2D eigenvalue weighted by molar-refractivity contribution is 5.91. The van der Waals surface area contributed by atoms with Crippen molar-refractivity contribution in [3.63, 3.8) is 0 Å². The lowest BCUT2D eigenvalue weighted by Crippen LogP contribution is -2.26. The second kappa shape index (κ2) is 6.23. The van der Waals surface area contributed by atoms with Gasteiger partial charge >= 0.3 is 5.97 Å². The van der Waals surface area contributed by atoms with Crippen LogP contribution in [0.5, 0.6) is 0 Å². The first-order valence-corrected chi connectivity index (χ1v) is 6.62. The van der Waals surface area contributed by atoms with E-state index in [1.807, 2.05) is 31.3 Å². The Morgan fingerprint density at radius 1 is 1.35 bits per heavy atom. The summed E-state index contributed by atoms with van der Waals surface area (Å²) in [4.78, 5) is 25.4. The van der Waals surface area contributed by atoms with Crippen molar-refractivity contribution in [2.75, 3.05) is 6.54 Å². The van der Waals surface area contributed by atoms with Crippen molar-refractivity contribution in [3.05, 3.63) is 35.5 Å². The van der Waals surface area contributed by atoms with Crippen molar-refractivity contribution < 1.29 is 14.7 Å². The molecule has 0 aliphatic carbocycles. The summed E-state index contributed by atoms with van der Waals surface area (Å²) in [6, 6.07) is 5.98. The lowest BCUT2D eigenvalue weighted by atomic mass is 10.1. The monoisotopic (exact) mass is 274 g/mol. The first-order chi connectivity index (χ1) is 9.58. The SMILES string of the molecule is Cc1cccc2[nH]cc(CC(=O)NCCCC(=O)O)c12. The van der Waals surface area contributed by atoms with Crippen LogP contribution in [-0.4, -0.2) is 28.5 Å². The van der Waals surface area contributed by atoms with Gasteiger partial charge in [-0.25, -0.2) is 0 Å². The first kappa shape index (κ1) is 14.1. The van der Waals surface area contributed by atoms with Crippen molar-refractivity contribution in [1.29, 1.82) is 0 Å². The molecule has 1 aromatic carbocycles. The molecule has 1 aromatic heterocycles. The van der Waals surface area contributed by atoms with Gasteiger partial charge in [0.1, 0.15) is 0 Å². The molecule has 1 amide bonds. The molecule has 0 saturated heterocycles. The van der Waals surface area contributed by atoms with Gasteiger partial charge in [-0.2, -0.15) is 0 Å². The minimum atomic E-state index is -0.841. The fraction of sp³-hybridized carbons (Fsp3) is 0.333. The van der Waals surface area contributed by atoms with Crippen molar-refractivity contribution >= 4 is 22.8 Å². The highest BCUT2D eigenvalue weighted by Gasteiger charge is 2.10. The average Bonchev–Trinajstić information content (AvgIpc) is 2.79. The van der Waals surface area contributed by atoms with Crippen molar-refractivity contribution in [2.45, 2.75) is 26.2 Å². The molecular weight excluding hydrogens is 256 g/mol. The van der Waals surface area contributed by atoms with Gasteiger partial charge in [-0.15, -0.1) is 0 Å². The maximum Gasteiger partial charge on any atom is 0.303 e. The van der Waals surface area contributed by atoms with Gasteiger partial charge in [0.2, 0.25) is 5.91 Å². The number of carbonyl (C=O) groups is 2. The zero-order chi connectivity index (χ0) is 14.5. The fourth-order valence-corrected chi connectivity index (χ4v) is 2.29. The van der Waals surface area contributed by atoms with Gasteiger partial charge in [0, 0.05) is 30.1 Å². The van der Waals surface area contributed by atoms with Gasteiger partial charge in [0.25, 0.3) is 0 Å². The first-order valence-electron chi connectivity index (χ1n) is 6.62. The van der Waals surface area contributed by atoms with E-state index in [2.05, 4.69) is 10.3 Å². The van der Waals surface area contributed by atoms with Crippen LogP contribution in [-0.2, 0) is 16.0 Å². The third-order valence-electron chi connectivity index (χ3n) is 3.24. The molecule has 0 unspecified atom stereocenters. The summed E-state index contributed by atoms with van der Waals surface area (Å²) in [5, 5.41) is 12.4. The lowest BCUT2D eigenvalue weighted by Gasteiger charge is -2.04. The molecule has 0 bridgehead atoms. The number of carbonyl (C=O) groups excluding carboxylic acids is 1. The number of nitrogens with one attached hydrogen (secondary N) is 2. The predicted octanol–water partition coefficient (Wildman–Crippen LogP) is 2.00. The summed E-state index contributed by atoms with van der Waals surface area (Å²) in [6.45, 7) is 2.41. The van der Waals surface area contributed by atoms with Crippen LogP contribution < -0.4 is 5.32 Å². The van der Waals surface area contributed by atoms with Crippen LogP contribution in [0.4, 0.5) is 0 Å². The van der Waals surface area contributed by atoms with E-state index in [0.29, 0.717) is 19.4 Å². The van der Waals surface area contributed by atoms with Gasteiger partial charge in [-0.05, 0) is 30.5 Å². The third kappa shape index (κ3) is 3.38. The van der Waals surface area contributed by atoms with Crippen LogP contribution in [0.1, 0.15) is 24.0 Å². The molecule has 0 aliphatic heterocycles. The Morgan fingerprint density at radius 2 is 2.15 bits per heavy atom. The predicted molar refractivity (Wildman–Crippen MR) is 76.6 cm³/mol. The van der Waals surface area contributed by atoms with E-state index in [1.165, 1.54) is 0 Å². The average molecular weight is 274 g/mol. The molecule has 0 aliphatic rings. The van der Waals surface area contributed by atoms with Crippen molar-refractivity contribution in [1.82, 2.24) is 10.3 Å². The van der Waals surface area contributed by atoms with E-state index in [0.717, 1.165) is 22.0 Å². The number of benzene rings is 1. The molecule has 0 fully saturated rings. The second-order valence-corrected chi connectivity index (χ2v) is 4.84. The number of fused-ring (bicyclic) bond motifs is 1. The lowest BCUT2D eigenvalue weighted by molar-refractivity contribution is -0.137. The molecule has 0 atom stereocenters. The Hall–Kier alpha value is -2.30. The highest BCUT2D eigenvalue weighted by Crippen LogP contribution is 2.22. The molecule has 0 spiro atoms. The van der Waals surface area contributed by atoms with Crippen molar-refractivity contribution in [3.8, 4) is 0 Å². The van der Waals surface area contributed by atoms with Crippen molar-refractivity contribution in [2.24, 2.45) is 0 Å². The Kier molecular flexibility index (Phi) is 4.40. The number of carboxylic acid groups (broad SMARTS) is 1. The normalized spacial score (nSPS) is 10.7. The summed E-state index contributed by atoms with van der Waals surface area (Å²) in [5.41, 5.74) is 3.13. The van der Waals surface area contributed by atoms with Crippen LogP contribution in [0.2, 0.25) is 0 Å². The van der Waals surface area contributed by atoms with Gasteiger partial charge in [0.15, 0.2) is 0 Å². The number of H-pyrrole nitrogens is 1. The molecule has 2 rings (SSSR count). The summed E-state index contributed by atoms with van der Waals surface area (Å²) >= 11 is 0. The van der Waals surface area contributed by atoms with Crippen LogP contribution in [0, 0.1) is 6.92 Å². The quantitative estimate of drug-likeness (QED) is 0.705. The summed E-state index contributed by atoms with van der Waals surface area (Å²) < 4.78 is 0. The van der Waals surface area contributed by atoms with E-state index in [9.17, 15) is 9.59 Å². The fourth-order valence-electron chi connectivity index (χ4n) is 2.29. The number of carboxylic acids is 1. The summed E-state index contributed by atoms with van der Waals surface area (Å²) in [7, 11) is 0. The Balaban J connectivity index is 1.95. The molecule has 0 radical (unpaired) electrons. The van der Waals surface area contributed by atoms with Gasteiger partial charge < -0.3 is 15.4 Å². The molecule has 20 heavy (non-hydrogen) atoms. The third-order valence-corrected chi connectivity index (χ3v) is 3.24. The number of rotatable bonds is 6. The smallest absolute Gasteiger partial charge is 0.303 e. The topological polar surface area (TPSA) is 82.2 Å². The van der Waals surface area contributed by atoms with E-state index >= 15 is 0 Å². The molecule has 5 heteroatoms. The zero-order valence-electron chi connectivity index (χ0n) is 11.4. The Morgan fingerprint density at radius 3 is 2.90 bits per heavy atom.